The summed E-state index contributed by atoms with van der Waals surface area (Å²) < 4.78 is 0. The predicted molar refractivity (Wildman–Crippen MR) is 69.2 cm³/mol. The molecule has 94 valence electrons. The van der Waals surface area contributed by atoms with Crippen molar-refractivity contribution in [2.24, 2.45) is 0 Å². The van der Waals surface area contributed by atoms with Crippen LogP contribution in [0.5, 0.6) is 0 Å². The molecule has 0 aliphatic heterocycles. The molecule has 0 aromatic carbocycles. The topological polar surface area (TPSA) is 78.7 Å². The van der Waals surface area contributed by atoms with Crippen LogP contribution in [0.4, 0.5) is 0 Å². The highest BCUT2D eigenvalue weighted by molar-refractivity contribution is 5.92. The highest BCUT2D eigenvalue weighted by Gasteiger charge is 2.07. The van der Waals surface area contributed by atoms with E-state index in [2.05, 4.69) is 15.3 Å². The normalized spacial score (nSPS) is 9.63. The van der Waals surface area contributed by atoms with E-state index in [1.807, 2.05) is 18.2 Å². The van der Waals surface area contributed by atoms with Crippen molar-refractivity contribution in [1.29, 1.82) is 5.26 Å². The lowest BCUT2D eigenvalue weighted by atomic mass is 10.2. The number of nitriles is 1. The second-order valence-corrected chi connectivity index (χ2v) is 3.91. The third kappa shape index (κ3) is 3.61. The van der Waals surface area contributed by atoms with Crippen molar-refractivity contribution in [3.63, 3.8) is 0 Å². The molecule has 0 saturated heterocycles. The van der Waals surface area contributed by atoms with Crippen molar-refractivity contribution in [3.05, 3.63) is 59.7 Å². The summed E-state index contributed by atoms with van der Waals surface area (Å²) in [6.07, 6.45) is 5.63. The van der Waals surface area contributed by atoms with Gasteiger partial charge in [-0.2, -0.15) is 5.26 Å². The van der Waals surface area contributed by atoms with Crippen LogP contribution in [0.25, 0.3) is 0 Å². The van der Waals surface area contributed by atoms with E-state index in [4.69, 9.17) is 5.26 Å². The number of hydrogen-bond acceptors (Lipinski definition) is 4. The van der Waals surface area contributed by atoms with Crippen LogP contribution in [0.2, 0.25) is 0 Å². The molecule has 0 fully saturated rings. The maximum Gasteiger partial charge on any atom is 0.269 e. The number of nitrogens with one attached hydrogen (secondary N) is 1. The van der Waals surface area contributed by atoms with Gasteiger partial charge in [-0.25, -0.2) is 0 Å². The molecule has 1 amide bonds. The van der Waals surface area contributed by atoms with Crippen LogP contribution in [0.3, 0.4) is 0 Å². The van der Waals surface area contributed by atoms with Gasteiger partial charge >= 0.3 is 0 Å². The first-order valence-electron chi connectivity index (χ1n) is 5.83. The molecular formula is C14H12N4O. The first kappa shape index (κ1) is 12.7. The van der Waals surface area contributed by atoms with Crippen molar-refractivity contribution in [3.8, 4) is 6.07 Å². The van der Waals surface area contributed by atoms with Crippen LogP contribution in [-0.4, -0.2) is 22.4 Å². The second kappa shape index (κ2) is 6.26. The van der Waals surface area contributed by atoms with Gasteiger partial charge in [0, 0.05) is 25.1 Å². The van der Waals surface area contributed by atoms with E-state index in [1.165, 1.54) is 12.3 Å². The van der Waals surface area contributed by atoms with Gasteiger partial charge in [0.1, 0.15) is 5.69 Å². The van der Waals surface area contributed by atoms with Crippen molar-refractivity contribution in [2.45, 2.75) is 6.42 Å². The summed E-state index contributed by atoms with van der Waals surface area (Å²) >= 11 is 0. The maximum atomic E-state index is 11.8. The molecule has 5 heteroatoms. The van der Waals surface area contributed by atoms with Gasteiger partial charge in [-0.15, -0.1) is 0 Å². The molecule has 0 aliphatic carbocycles. The number of amides is 1. The summed E-state index contributed by atoms with van der Waals surface area (Å²) in [6.45, 7) is 0.503. The van der Waals surface area contributed by atoms with Gasteiger partial charge in [0.05, 0.1) is 11.6 Å². The minimum atomic E-state index is -0.277. The summed E-state index contributed by atoms with van der Waals surface area (Å²) in [5, 5.41) is 11.5. The predicted octanol–water partition coefficient (Wildman–Crippen LogP) is 1.32. The van der Waals surface area contributed by atoms with Gasteiger partial charge in [-0.3, -0.25) is 14.8 Å². The molecular weight excluding hydrogens is 240 g/mol. The zero-order valence-electron chi connectivity index (χ0n) is 10.2. The fourth-order valence-electron chi connectivity index (χ4n) is 1.58. The summed E-state index contributed by atoms with van der Waals surface area (Å²) in [5.41, 5.74) is 1.74. The van der Waals surface area contributed by atoms with Crippen LogP contribution < -0.4 is 5.32 Å². The Morgan fingerprint density at radius 3 is 3.00 bits per heavy atom. The summed E-state index contributed by atoms with van der Waals surface area (Å²) in [7, 11) is 0. The number of pyridine rings is 2. The minimum Gasteiger partial charge on any atom is -0.350 e. The Morgan fingerprint density at radius 1 is 1.37 bits per heavy atom. The number of rotatable bonds is 4. The number of aromatic nitrogens is 2. The third-order valence-electron chi connectivity index (χ3n) is 2.54. The monoisotopic (exact) mass is 252 g/mol. The SMILES string of the molecule is N#Cc1ccnc(C(=O)NCCc2cccnc2)c1. The van der Waals surface area contributed by atoms with Crippen LogP contribution in [0.15, 0.2) is 42.9 Å². The lowest BCUT2D eigenvalue weighted by Gasteiger charge is -2.04. The van der Waals surface area contributed by atoms with Gasteiger partial charge < -0.3 is 5.32 Å². The first-order valence-corrected chi connectivity index (χ1v) is 5.83. The van der Waals surface area contributed by atoms with Crippen molar-refractivity contribution in [1.82, 2.24) is 15.3 Å². The van der Waals surface area contributed by atoms with Gasteiger partial charge in [0.15, 0.2) is 0 Å². The molecule has 2 aromatic heterocycles. The van der Waals surface area contributed by atoms with Gasteiger partial charge in [0.2, 0.25) is 0 Å². The average molecular weight is 252 g/mol. The Labute approximate surface area is 110 Å². The first-order chi connectivity index (χ1) is 9.29. The average Bonchev–Trinajstić information content (AvgIpc) is 2.48. The quantitative estimate of drug-likeness (QED) is 0.890. The molecule has 0 radical (unpaired) electrons. The van der Waals surface area contributed by atoms with Gasteiger partial charge in [-0.1, -0.05) is 6.07 Å². The molecule has 0 saturated carbocycles. The summed E-state index contributed by atoms with van der Waals surface area (Å²) in [6, 6.07) is 8.82. The lowest BCUT2D eigenvalue weighted by Crippen LogP contribution is -2.26. The van der Waals surface area contributed by atoms with Crippen LogP contribution in [0.1, 0.15) is 21.6 Å². The van der Waals surface area contributed by atoms with E-state index >= 15 is 0 Å². The molecule has 19 heavy (non-hydrogen) atoms. The van der Waals surface area contributed by atoms with E-state index in [-0.39, 0.29) is 11.6 Å². The summed E-state index contributed by atoms with van der Waals surface area (Å²) in [5.74, 6) is -0.277. The van der Waals surface area contributed by atoms with E-state index < -0.39 is 0 Å². The zero-order valence-corrected chi connectivity index (χ0v) is 10.2. The number of carbonyl (C=O) groups excluding carboxylic acids is 1. The molecule has 2 aromatic rings. The highest BCUT2D eigenvalue weighted by Crippen LogP contribution is 2.00. The minimum absolute atomic E-state index is 0.255. The molecule has 0 bridgehead atoms. The van der Waals surface area contributed by atoms with E-state index in [0.717, 1.165) is 5.56 Å². The van der Waals surface area contributed by atoms with Crippen molar-refractivity contribution < 1.29 is 4.79 Å². The standard InChI is InChI=1S/C14H12N4O/c15-9-12-4-6-17-13(8-12)14(19)18-7-3-11-2-1-5-16-10-11/h1-2,4-6,8,10H,3,7H2,(H,18,19). The molecule has 2 heterocycles. The molecule has 0 atom stereocenters. The molecule has 2 rings (SSSR count). The van der Waals surface area contributed by atoms with Gasteiger partial charge in [-0.05, 0) is 30.2 Å². The molecule has 0 unspecified atom stereocenters. The number of hydrogen-bond donors (Lipinski definition) is 1. The lowest BCUT2D eigenvalue weighted by molar-refractivity contribution is 0.0949. The number of carbonyl (C=O) groups is 1. The Bertz CT molecular complexity index is 604. The van der Waals surface area contributed by atoms with Crippen molar-refractivity contribution >= 4 is 5.91 Å². The van der Waals surface area contributed by atoms with E-state index in [9.17, 15) is 4.79 Å². The molecule has 1 N–H and O–H groups in total. The summed E-state index contributed by atoms with van der Waals surface area (Å²) in [4.78, 5) is 19.7. The smallest absolute Gasteiger partial charge is 0.269 e. The second-order valence-electron chi connectivity index (χ2n) is 3.91. The number of nitrogens with zero attached hydrogens (tertiary/aromatic N) is 3. The van der Waals surface area contributed by atoms with Gasteiger partial charge in [0.25, 0.3) is 5.91 Å². The fourth-order valence-corrected chi connectivity index (χ4v) is 1.58. The maximum absolute atomic E-state index is 11.8. The Morgan fingerprint density at radius 2 is 2.26 bits per heavy atom. The zero-order chi connectivity index (χ0) is 13.5. The largest absolute Gasteiger partial charge is 0.350 e. The van der Waals surface area contributed by atoms with Crippen molar-refractivity contribution in [2.75, 3.05) is 6.54 Å². The Hall–Kier alpha value is -2.74. The Balaban J connectivity index is 1.89. The highest BCUT2D eigenvalue weighted by atomic mass is 16.1. The fraction of sp³-hybridized carbons (Fsp3) is 0.143. The third-order valence-corrected chi connectivity index (χ3v) is 2.54. The van der Waals surface area contributed by atoms with E-state index in [1.54, 1.807) is 18.5 Å². The Kier molecular flexibility index (Phi) is 4.19. The molecule has 5 nitrogen and oxygen atoms in total. The van der Waals surface area contributed by atoms with E-state index in [0.29, 0.717) is 18.5 Å². The molecule has 0 spiro atoms. The van der Waals surface area contributed by atoms with Crippen LogP contribution >= 0.6 is 0 Å². The van der Waals surface area contributed by atoms with Crippen LogP contribution in [0, 0.1) is 11.3 Å². The van der Waals surface area contributed by atoms with Crippen LogP contribution in [-0.2, 0) is 6.42 Å². The molecule has 0 aliphatic rings.